The second-order valence-corrected chi connectivity index (χ2v) is 6.12. The molecule has 0 saturated heterocycles. The first-order valence-corrected chi connectivity index (χ1v) is 7.93. The van der Waals surface area contributed by atoms with Gasteiger partial charge in [-0.05, 0) is 30.5 Å². The predicted octanol–water partition coefficient (Wildman–Crippen LogP) is 1.76. The quantitative estimate of drug-likeness (QED) is 0.806. The van der Waals surface area contributed by atoms with Crippen molar-refractivity contribution in [3.8, 4) is 6.07 Å². The van der Waals surface area contributed by atoms with Crippen LogP contribution in [-0.4, -0.2) is 15.7 Å². The van der Waals surface area contributed by atoms with Crippen LogP contribution in [0.1, 0.15) is 17.5 Å². The van der Waals surface area contributed by atoms with Crippen LogP contribution >= 0.6 is 15.9 Å². The zero-order valence-electron chi connectivity index (χ0n) is 13.0. The zero-order valence-corrected chi connectivity index (χ0v) is 14.6. The smallest absolute Gasteiger partial charge is 0.332 e. The summed E-state index contributed by atoms with van der Waals surface area (Å²) >= 11 is 3.43. The fourth-order valence-electron chi connectivity index (χ4n) is 2.34. The minimum Gasteiger partial charge on any atom is -0.370 e. The van der Waals surface area contributed by atoms with Gasteiger partial charge in [0.2, 0.25) is 0 Å². The number of halogens is 1. The molecule has 0 amide bonds. The van der Waals surface area contributed by atoms with E-state index < -0.39 is 11.2 Å². The molecule has 1 aromatic carbocycles. The molecular weight excluding hydrogens is 360 g/mol. The molecule has 0 unspecified atom stereocenters. The Labute approximate surface area is 142 Å². The summed E-state index contributed by atoms with van der Waals surface area (Å²) in [6.07, 6.45) is 1.66. The van der Waals surface area contributed by atoms with E-state index in [1.807, 2.05) is 24.3 Å². The Morgan fingerprint density at radius 3 is 2.65 bits per heavy atom. The third kappa shape index (κ3) is 3.71. The van der Waals surface area contributed by atoms with Crippen molar-refractivity contribution in [1.29, 1.82) is 5.26 Å². The van der Waals surface area contributed by atoms with E-state index in [0.29, 0.717) is 6.54 Å². The summed E-state index contributed by atoms with van der Waals surface area (Å²) < 4.78 is 3.26. The van der Waals surface area contributed by atoms with E-state index in [-0.39, 0.29) is 11.4 Å². The van der Waals surface area contributed by atoms with E-state index in [4.69, 9.17) is 0 Å². The Kier molecular flexibility index (Phi) is 5.40. The minimum atomic E-state index is -0.579. The lowest BCUT2D eigenvalue weighted by molar-refractivity contribution is 0.683. The molecule has 6 nitrogen and oxygen atoms in total. The van der Waals surface area contributed by atoms with Crippen molar-refractivity contribution < 1.29 is 0 Å². The van der Waals surface area contributed by atoms with Gasteiger partial charge in [-0.25, -0.2) is 4.79 Å². The van der Waals surface area contributed by atoms with Crippen molar-refractivity contribution >= 4 is 21.7 Å². The lowest BCUT2D eigenvalue weighted by Crippen LogP contribution is -2.40. The highest BCUT2D eigenvalue weighted by Crippen LogP contribution is 2.13. The number of aromatic nitrogens is 2. The van der Waals surface area contributed by atoms with Crippen LogP contribution < -0.4 is 16.6 Å². The van der Waals surface area contributed by atoms with Gasteiger partial charge in [0.1, 0.15) is 11.9 Å². The van der Waals surface area contributed by atoms with Crippen molar-refractivity contribution in [3.63, 3.8) is 0 Å². The van der Waals surface area contributed by atoms with Crippen LogP contribution in [0.2, 0.25) is 0 Å². The standard InChI is InChI=1S/C16H17BrN4O2/c1-20-14(13(10-18)15(22)21(2)16(20)23)19-8-4-6-11-5-3-7-12(17)9-11/h3,5,7,9,19H,4,6,8H2,1-2H3. The number of aryl methyl sites for hydroxylation is 1. The third-order valence-corrected chi connectivity index (χ3v) is 4.09. The first-order valence-electron chi connectivity index (χ1n) is 7.14. The fraction of sp³-hybridized carbons (Fsp3) is 0.312. The highest BCUT2D eigenvalue weighted by atomic mass is 79.9. The van der Waals surface area contributed by atoms with Crippen molar-refractivity contribution in [2.75, 3.05) is 11.9 Å². The predicted molar refractivity (Wildman–Crippen MR) is 92.6 cm³/mol. The van der Waals surface area contributed by atoms with E-state index in [1.54, 1.807) is 7.05 Å². The van der Waals surface area contributed by atoms with Crippen molar-refractivity contribution in [3.05, 3.63) is 60.7 Å². The molecule has 0 bridgehead atoms. The largest absolute Gasteiger partial charge is 0.370 e. The summed E-state index contributed by atoms with van der Waals surface area (Å²) in [5.41, 5.74) is 0.116. The first kappa shape index (κ1) is 17.0. The molecule has 0 radical (unpaired) electrons. The van der Waals surface area contributed by atoms with E-state index in [2.05, 4.69) is 27.3 Å². The number of nitrogens with one attached hydrogen (secondary N) is 1. The van der Waals surface area contributed by atoms with E-state index >= 15 is 0 Å². The maximum absolute atomic E-state index is 12.0. The van der Waals surface area contributed by atoms with E-state index in [0.717, 1.165) is 21.9 Å². The first-order chi connectivity index (χ1) is 11.0. The number of rotatable bonds is 5. The molecule has 0 aliphatic carbocycles. The number of nitrogens with zero attached hydrogens (tertiary/aromatic N) is 3. The molecule has 0 fully saturated rings. The molecule has 120 valence electrons. The Balaban J connectivity index is 2.11. The van der Waals surface area contributed by atoms with Gasteiger partial charge in [-0.2, -0.15) is 5.26 Å². The average molecular weight is 377 g/mol. The van der Waals surface area contributed by atoms with Crippen LogP contribution in [0.5, 0.6) is 0 Å². The minimum absolute atomic E-state index is 0.0444. The molecule has 2 aromatic rings. The monoisotopic (exact) mass is 376 g/mol. The number of benzene rings is 1. The molecule has 7 heteroatoms. The molecule has 1 heterocycles. The van der Waals surface area contributed by atoms with Gasteiger partial charge in [-0.3, -0.25) is 13.9 Å². The molecular formula is C16H17BrN4O2. The summed E-state index contributed by atoms with van der Waals surface area (Å²) in [6, 6.07) is 9.91. The van der Waals surface area contributed by atoms with Gasteiger partial charge in [0.15, 0.2) is 5.56 Å². The van der Waals surface area contributed by atoms with Crippen molar-refractivity contribution in [2.45, 2.75) is 12.8 Å². The molecule has 0 atom stereocenters. The van der Waals surface area contributed by atoms with Gasteiger partial charge in [-0.15, -0.1) is 0 Å². The molecule has 23 heavy (non-hydrogen) atoms. The molecule has 0 spiro atoms. The van der Waals surface area contributed by atoms with Crippen molar-refractivity contribution in [1.82, 2.24) is 9.13 Å². The normalized spacial score (nSPS) is 10.3. The highest BCUT2D eigenvalue weighted by molar-refractivity contribution is 9.10. The molecule has 0 aliphatic rings. The van der Waals surface area contributed by atoms with Crippen LogP contribution in [-0.2, 0) is 20.5 Å². The molecule has 0 aliphatic heterocycles. The summed E-state index contributed by atoms with van der Waals surface area (Å²) in [6.45, 7) is 0.557. The van der Waals surface area contributed by atoms with E-state index in [1.165, 1.54) is 17.2 Å². The summed E-state index contributed by atoms with van der Waals surface area (Å²) in [7, 11) is 2.90. The summed E-state index contributed by atoms with van der Waals surface area (Å²) in [5, 5.41) is 12.2. The van der Waals surface area contributed by atoms with E-state index in [9.17, 15) is 14.9 Å². The van der Waals surface area contributed by atoms with Gasteiger partial charge in [0.05, 0.1) is 0 Å². The van der Waals surface area contributed by atoms with Gasteiger partial charge < -0.3 is 5.32 Å². The Morgan fingerprint density at radius 1 is 1.26 bits per heavy atom. The molecule has 1 N–H and O–H groups in total. The zero-order chi connectivity index (χ0) is 17.0. The number of hydrogen-bond acceptors (Lipinski definition) is 4. The van der Waals surface area contributed by atoms with Crippen LogP contribution in [0.3, 0.4) is 0 Å². The van der Waals surface area contributed by atoms with Crippen LogP contribution in [0.4, 0.5) is 5.82 Å². The van der Waals surface area contributed by atoms with Gasteiger partial charge in [0, 0.05) is 25.1 Å². The molecule has 1 aromatic heterocycles. The maximum atomic E-state index is 12.0. The van der Waals surface area contributed by atoms with Crippen molar-refractivity contribution in [2.24, 2.45) is 14.1 Å². The third-order valence-electron chi connectivity index (χ3n) is 3.60. The molecule has 0 saturated carbocycles. The highest BCUT2D eigenvalue weighted by Gasteiger charge is 2.14. The van der Waals surface area contributed by atoms with Crippen LogP contribution in [0.15, 0.2) is 38.3 Å². The maximum Gasteiger partial charge on any atom is 0.332 e. The van der Waals surface area contributed by atoms with Crippen LogP contribution in [0.25, 0.3) is 0 Å². The Hall–Kier alpha value is -2.33. The fourth-order valence-corrected chi connectivity index (χ4v) is 2.79. The van der Waals surface area contributed by atoms with Gasteiger partial charge >= 0.3 is 5.69 Å². The van der Waals surface area contributed by atoms with Gasteiger partial charge in [-0.1, -0.05) is 28.1 Å². The number of anilines is 1. The summed E-state index contributed by atoms with van der Waals surface area (Å²) in [5.74, 6) is 0.273. The second kappa shape index (κ2) is 7.29. The number of hydrogen-bond donors (Lipinski definition) is 1. The topological polar surface area (TPSA) is 79.8 Å². The second-order valence-electron chi connectivity index (χ2n) is 5.20. The average Bonchev–Trinajstić information content (AvgIpc) is 2.54. The lowest BCUT2D eigenvalue weighted by Gasteiger charge is -2.13. The van der Waals surface area contributed by atoms with Gasteiger partial charge in [0.25, 0.3) is 5.56 Å². The SMILES string of the molecule is Cn1c(NCCCc2cccc(Br)c2)c(C#N)c(=O)n(C)c1=O. The summed E-state index contributed by atoms with van der Waals surface area (Å²) in [4.78, 5) is 23.9. The Bertz CT molecular complexity index is 877. The van der Waals surface area contributed by atoms with Crippen LogP contribution in [0, 0.1) is 11.3 Å². The Morgan fingerprint density at radius 2 is 2.00 bits per heavy atom. The molecule has 2 rings (SSSR count). The lowest BCUT2D eigenvalue weighted by atomic mass is 10.1. The number of nitriles is 1.